The molecule has 19 heavy (non-hydrogen) atoms. The summed E-state index contributed by atoms with van der Waals surface area (Å²) >= 11 is 0. The summed E-state index contributed by atoms with van der Waals surface area (Å²) in [6, 6.07) is 9.71. The fourth-order valence-electron chi connectivity index (χ4n) is 2.98. The van der Waals surface area contributed by atoms with Gasteiger partial charge in [0.1, 0.15) is 0 Å². The van der Waals surface area contributed by atoms with Crippen LogP contribution in [0, 0.1) is 5.92 Å². The van der Waals surface area contributed by atoms with E-state index in [1.165, 1.54) is 36.8 Å². The maximum Gasteiger partial charge on any atom is 0.0346 e. The van der Waals surface area contributed by atoms with Crippen molar-refractivity contribution < 1.29 is 0 Å². The zero-order valence-electron chi connectivity index (χ0n) is 13.4. The minimum absolute atomic E-state index is 0.501. The molecular weight excluding hydrogens is 230 g/mol. The van der Waals surface area contributed by atoms with Crippen molar-refractivity contribution in [3.8, 4) is 0 Å². The third-order valence-corrected chi connectivity index (χ3v) is 4.06. The molecule has 0 amide bonds. The summed E-state index contributed by atoms with van der Waals surface area (Å²) in [6.45, 7) is 9.08. The Kier molecular flexibility index (Phi) is 7.15. The Hall–Kier alpha value is -0.820. The van der Waals surface area contributed by atoms with Gasteiger partial charge < -0.3 is 5.32 Å². The van der Waals surface area contributed by atoms with Crippen LogP contribution >= 0.6 is 0 Å². The van der Waals surface area contributed by atoms with Crippen molar-refractivity contribution in [2.75, 3.05) is 7.05 Å². The topological polar surface area (TPSA) is 12.0 Å². The van der Waals surface area contributed by atoms with Crippen LogP contribution in [0.1, 0.15) is 76.5 Å². The highest BCUT2D eigenvalue weighted by molar-refractivity contribution is 5.27. The minimum atomic E-state index is 0.501. The van der Waals surface area contributed by atoms with E-state index in [1.807, 2.05) is 0 Å². The van der Waals surface area contributed by atoms with E-state index in [0.29, 0.717) is 12.0 Å². The van der Waals surface area contributed by atoms with Gasteiger partial charge in [-0.05, 0) is 42.9 Å². The van der Waals surface area contributed by atoms with Crippen molar-refractivity contribution in [2.45, 2.75) is 65.3 Å². The van der Waals surface area contributed by atoms with E-state index >= 15 is 0 Å². The van der Waals surface area contributed by atoms with E-state index in [4.69, 9.17) is 0 Å². The molecule has 0 heterocycles. The third-order valence-electron chi connectivity index (χ3n) is 4.06. The Morgan fingerprint density at radius 1 is 0.895 bits per heavy atom. The molecule has 0 aliphatic heterocycles. The van der Waals surface area contributed by atoms with Gasteiger partial charge in [-0.1, -0.05) is 64.8 Å². The predicted octanol–water partition coefficient (Wildman–Crippen LogP) is 5.29. The molecule has 0 aliphatic rings. The number of rotatable bonds is 8. The molecule has 0 fully saturated rings. The standard InChI is InChI=1S/C18H31N/c1-6-8-16(9-7-2)18(19-5)17-12-10-15(11-13-17)14(3)4/h10-14,16,18-19H,6-9H2,1-5H3. The van der Waals surface area contributed by atoms with E-state index in [9.17, 15) is 0 Å². The fraction of sp³-hybridized carbons (Fsp3) is 0.667. The molecule has 0 saturated carbocycles. The van der Waals surface area contributed by atoms with Crippen molar-refractivity contribution in [2.24, 2.45) is 5.92 Å². The lowest BCUT2D eigenvalue weighted by atomic mass is 9.85. The van der Waals surface area contributed by atoms with Crippen LogP contribution in [0.5, 0.6) is 0 Å². The van der Waals surface area contributed by atoms with Crippen molar-refractivity contribution in [3.05, 3.63) is 35.4 Å². The minimum Gasteiger partial charge on any atom is -0.313 e. The third kappa shape index (κ3) is 4.65. The van der Waals surface area contributed by atoms with Gasteiger partial charge in [0.05, 0.1) is 0 Å². The molecule has 1 nitrogen and oxygen atoms in total. The Morgan fingerprint density at radius 3 is 1.74 bits per heavy atom. The Bertz CT molecular complexity index is 333. The molecule has 1 rings (SSSR count). The van der Waals surface area contributed by atoms with Crippen molar-refractivity contribution >= 4 is 0 Å². The van der Waals surface area contributed by atoms with E-state index in [2.05, 4.69) is 64.3 Å². The average Bonchev–Trinajstić information content (AvgIpc) is 2.40. The van der Waals surface area contributed by atoms with Crippen molar-refractivity contribution in [3.63, 3.8) is 0 Å². The van der Waals surface area contributed by atoms with Crippen LogP contribution in [-0.2, 0) is 0 Å². The van der Waals surface area contributed by atoms with Gasteiger partial charge in [-0.3, -0.25) is 0 Å². The van der Waals surface area contributed by atoms with Crippen LogP contribution < -0.4 is 5.32 Å². The van der Waals surface area contributed by atoms with E-state index in [-0.39, 0.29) is 0 Å². The predicted molar refractivity (Wildman–Crippen MR) is 85.6 cm³/mol. The first-order chi connectivity index (χ1) is 9.13. The van der Waals surface area contributed by atoms with Crippen LogP contribution in [0.3, 0.4) is 0 Å². The highest BCUT2D eigenvalue weighted by atomic mass is 14.9. The SMILES string of the molecule is CCCC(CCC)C(NC)c1ccc(C(C)C)cc1. The van der Waals surface area contributed by atoms with E-state index < -0.39 is 0 Å². The normalized spacial score (nSPS) is 13.2. The molecule has 1 heteroatoms. The molecule has 0 aliphatic carbocycles. The molecule has 1 unspecified atom stereocenters. The summed E-state index contributed by atoms with van der Waals surface area (Å²) in [7, 11) is 2.10. The highest BCUT2D eigenvalue weighted by Crippen LogP contribution is 2.30. The average molecular weight is 261 g/mol. The van der Waals surface area contributed by atoms with Gasteiger partial charge in [-0.15, -0.1) is 0 Å². The molecule has 1 aromatic rings. The summed E-state index contributed by atoms with van der Waals surface area (Å²) in [5.41, 5.74) is 2.87. The lowest BCUT2D eigenvalue weighted by Crippen LogP contribution is -2.25. The van der Waals surface area contributed by atoms with Crippen LogP contribution in [0.4, 0.5) is 0 Å². The molecule has 0 aromatic heterocycles. The zero-order valence-corrected chi connectivity index (χ0v) is 13.4. The summed E-state index contributed by atoms with van der Waals surface area (Å²) < 4.78 is 0. The second-order valence-electron chi connectivity index (χ2n) is 5.93. The molecule has 0 spiro atoms. The number of hydrogen-bond donors (Lipinski definition) is 1. The largest absolute Gasteiger partial charge is 0.313 e. The Labute approximate surface area is 119 Å². The maximum absolute atomic E-state index is 3.54. The van der Waals surface area contributed by atoms with Crippen LogP contribution in [0.2, 0.25) is 0 Å². The van der Waals surface area contributed by atoms with Gasteiger partial charge >= 0.3 is 0 Å². The first kappa shape index (κ1) is 16.2. The van der Waals surface area contributed by atoms with Gasteiger partial charge in [0.2, 0.25) is 0 Å². The van der Waals surface area contributed by atoms with Gasteiger partial charge in [0, 0.05) is 6.04 Å². The first-order valence-corrected chi connectivity index (χ1v) is 7.91. The van der Waals surface area contributed by atoms with Crippen molar-refractivity contribution in [1.29, 1.82) is 0 Å². The summed E-state index contributed by atoms with van der Waals surface area (Å²) in [5.74, 6) is 1.37. The summed E-state index contributed by atoms with van der Waals surface area (Å²) in [4.78, 5) is 0. The monoisotopic (exact) mass is 261 g/mol. The second-order valence-corrected chi connectivity index (χ2v) is 5.93. The van der Waals surface area contributed by atoms with E-state index in [0.717, 1.165) is 5.92 Å². The fourth-order valence-corrected chi connectivity index (χ4v) is 2.98. The molecule has 108 valence electrons. The van der Waals surface area contributed by atoms with Gasteiger partial charge in [-0.25, -0.2) is 0 Å². The number of nitrogens with one attached hydrogen (secondary N) is 1. The molecular formula is C18H31N. The molecule has 1 N–H and O–H groups in total. The zero-order chi connectivity index (χ0) is 14.3. The first-order valence-electron chi connectivity index (χ1n) is 7.91. The van der Waals surface area contributed by atoms with Gasteiger partial charge in [-0.2, -0.15) is 0 Å². The smallest absolute Gasteiger partial charge is 0.0346 e. The molecule has 0 bridgehead atoms. The summed E-state index contributed by atoms with van der Waals surface area (Å²) in [6.07, 6.45) is 5.16. The molecule has 0 saturated heterocycles. The second kappa shape index (κ2) is 8.37. The van der Waals surface area contributed by atoms with Crippen molar-refractivity contribution in [1.82, 2.24) is 5.32 Å². The lowest BCUT2D eigenvalue weighted by molar-refractivity contribution is 0.331. The lowest BCUT2D eigenvalue weighted by Gasteiger charge is -2.27. The maximum atomic E-state index is 3.54. The van der Waals surface area contributed by atoms with Gasteiger partial charge in [0.25, 0.3) is 0 Å². The van der Waals surface area contributed by atoms with Crippen LogP contribution in [0.15, 0.2) is 24.3 Å². The number of hydrogen-bond acceptors (Lipinski definition) is 1. The van der Waals surface area contributed by atoms with Crippen LogP contribution in [-0.4, -0.2) is 7.05 Å². The Balaban J connectivity index is 2.87. The number of benzene rings is 1. The van der Waals surface area contributed by atoms with Crippen LogP contribution in [0.25, 0.3) is 0 Å². The van der Waals surface area contributed by atoms with E-state index in [1.54, 1.807) is 0 Å². The highest BCUT2D eigenvalue weighted by Gasteiger charge is 2.20. The molecule has 1 aromatic carbocycles. The summed E-state index contributed by atoms with van der Waals surface area (Å²) in [5, 5.41) is 3.54. The molecule has 1 atom stereocenters. The quantitative estimate of drug-likeness (QED) is 0.670. The van der Waals surface area contributed by atoms with Gasteiger partial charge in [0.15, 0.2) is 0 Å². The Morgan fingerprint density at radius 2 is 1.37 bits per heavy atom. The molecule has 0 radical (unpaired) electrons.